The van der Waals surface area contributed by atoms with Gasteiger partial charge in [-0.2, -0.15) is 0 Å². The van der Waals surface area contributed by atoms with Crippen LogP contribution in [0.2, 0.25) is 0 Å². The minimum absolute atomic E-state index is 0.151. The SMILES string of the molecule is CC(=O)Nc1ccc(NC(=O)c2ccc(Nc3ccc(C(C)C)cc3)nn2)cc1. The molecule has 3 rings (SSSR count). The van der Waals surface area contributed by atoms with Crippen molar-refractivity contribution in [1.29, 1.82) is 0 Å². The molecule has 2 aromatic carbocycles. The Hall–Kier alpha value is -3.74. The number of anilines is 4. The molecule has 29 heavy (non-hydrogen) atoms. The van der Waals surface area contributed by atoms with Crippen molar-refractivity contribution in [3.8, 4) is 0 Å². The topological polar surface area (TPSA) is 96.0 Å². The molecule has 2 amide bonds. The number of hydrogen-bond acceptors (Lipinski definition) is 5. The summed E-state index contributed by atoms with van der Waals surface area (Å²) < 4.78 is 0. The maximum Gasteiger partial charge on any atom is 0.276 e. The smallest absolute Gasteiger partial charge is 0.276 e. The van der Waals surface area contributed by atoms with Crippen molar-refractivity contribution in [2.75, 3.05) is 16.0 Å². The lowest BCUT2D eigenvalue weighted by atomic mass is 10.0. The first-order valence-electron chi connectivity index (χ1n) is 9.30. The molecule has 0 aliphatic rings. The first-order chi connectivity index (χ1) is 13.9. The monoisotopic (exact) mass is 389 g/mol. The van der Waals surface area contributed by atoms with E-state index in [1.54, 1.807) is 36.4 Å². The van der Waals surface area contributed by atoms with Crippen molar-refractivity contribution < 1.29 is 9.59 Å². The van der Waals surface area contributed by atoms with Crippen LogP contribution < -0.4 is 16.0 Å². The van der Waals surface area contributed by atoms with Gasteiger partial charge >= 0.3 is 0 Å². The van der Waals surface area contributed by atoms with Crippen molar-refractivity contribution in [2.45, 2.75) is 26.7 Å². The summed E-state index contributed by atoms with van der Waals surface area (Å²) in [6.07, 6.45) is 0. The van der Waals surface area contributed by atoms with E-state index in [1.165, 1.54) is 12.5 Å². The molecule has 0 saturated carbocycles. The third kappa shape index (κ3) is 5.62. The average molecular weight is 389 g/mol. The van der Waals surface area contributed by atoms with Crippen LogP contribution in [0, 0.1) is 0 Å². The highest BCUT2D eigenvalue weighted by molar-refractivity contribution is 6.03. The van der Waals surface area contributed by atoms with Crippen molar-refractivity contribution in [3.63, 3.8) is 0 Å². The lowest BCUT2D eigenvalue weighted by Gasteiger charge is -2.09. The maximum atomic E-state index is 12.3. The molecule has 1 aromatic heterocycles. The number of rotatable bonds is 6. The van der Waals surface area contributed by atoms with Gasteiger partial charge in [0.1, 0.15) is 0 Å². The second-order valence-corrected chi connectivity index (χ2v) is 6.92. The molecule has 0 atom stereocenters. The largest absolute Gasteiger partial charge is 0.339 e. The van der Waals surface area contributed by atoms with Crippen molar-refractivity contribution >= 4 is 34.7 Å². The summed E-state index contributed by atoms with van der Waals surface area (Å²) in [5.41, 5.74) is 3.63. The first kappa shape index (κ1) is 20.0. The van der Waals surface area contributed by atoms with Crippen LogP contribution in [0.3, 0.4) is 0 Å². The predicted octanol–water partition coefficient (Wildman–Crippen LogP) is 4.55. The molecule has 0 unspecified atom stereocenters. The zero-order chi connectivity index (χ0) is 20.8. The summed E-state index contributed by atoms with van der Waals surface area (Å²) in [7, 11) is 0. The normalized spacial score (nSPS) is 10.5. The Kier molecular flexibility index (Phi) is 6.19. The zero-order valence-corrected chi connectivity index (χ0v) is 16.6. The number of benzene rings is 2. The highest BCUT2D eigenvalue weighted by Gasteiger charge is 2.09. The van der Waals surface area contributed by atoms with Crippen LogP contribution in [-0.2, 0) is 4.79 Å². The third-order valence-electron chi connectivity index (χ3n) is 4.21. The van der Waals surface area contributed by atoms with E-state index >= 15 is 0 Å². The molecular weight excluding hydrogens is 366 g/mol. The number of amides is 2. The van der Waals surface area contributed by atoms with Gasteiger partial charge in [0.2, 0.25) is 5.91 Å². The Balaban J connectivity index is 1.60. The summed E-state index contributed by atoms with van der Waals surface area (Å²) in [5.74, 6) is 0.515. The summed E-state index contributed by atoms with van der Waals surface area (Å²) in [6, 6.07) is 18.3. The number of nitrogens with zero attached hydrogens (tertiary/aromatic N) is 2. The molecule has 3 N–H and O–H groups in total. The van der Waals surface area contributed by atoms with Gasteiger partial charge in [0.25, 0.3) is 5.91 Å². The fourth-order valence-corrected chi connectivity index (χ4v) is 2.65. The minimum atomic E-state index is -0.363. The van der Waals surface area contributed by atoms with E-state index < -0.39 is 0 Å². The van der Waals surface area contributed by atoms with Gasteiger partial charge in [0, 0.05) is 24.0 Å². The van der Waals surface area contributed by atoms with E-state index in [4.69, 9.17) is 0 Å². The fraction of sp³-hybridized carbons (Fsp3) is 0.182. The van der Waals surface area contributed by atoms with Crippen LogP contribution in [0.25, 0.3) is 0 Å². The molecule has 0 aliphatic heterocycles. The molecule has 148 valence electrons. The standard InChI is InChI=1S/C22H23N5O2/c1-14(2)16-4-6-18(7-5-16)24-21-13-12-20(26-27-21)22(29)25-19-10-8-17(9-11-19)23-15(3)28/h4-14H,1-3H3,(H,23,28)(H,24,27)(H,25,29). The van der Waals surface area contributed by atoms with Gasteiger partial charge in [0.15, 0.2) is 11.5 Å². The van der Waals surface area contributed by atoms with Gasteiger partial charge in [-0.25, -0.2) is 0 Å². The van der Waals surface area contributed by atoms with Gasteiger partial charge < -0.3 is 16.0 Å². The summed E-state index contributed by atoms with van der Waals surface area (Å²) >= 11 is 0. The van der Waals surface area contributed by atoms with Crippen molar-refractivity contribution in [2.24, 2.45) is 0 Å². The Morgan fingerprint density at radius 3 is 1.86 bits per heavy atom. The molecule has 1 heterocycles. The quantitative estimate of drug-likeness (QED) is 0.575. The number of carbonyl (C=O) groups excluding carboxylic acids is 2. The molecule has 0 bridgehead atoms. The van der Waals surface area contributed by atoms with Crippen molar-refractivity contribution in [3.05, 3.63) is 71.9 Å². The molecule has 0 radical (unpaired) electrons. The van der Waals surface area contributed by atoms with Gasteiger partial charge in [0.05, 0.1) is 0 Å². The molecule has 0 fully saturated rings. The number of aromatic nitrogens is 2. The number of nitrogens with one attached hydrogen (secondary N) is 3. The van der Waals surface area contributed by atoms with E-state index in [-0.39, 0.29) is 17.5 Å². The lowest BCUT2D eigenvalue weighted by molar-refractivity contribution is -0.114. The van der Waals surface area contributed by atoms with Gasteiger partial charge in [-0.05, 0) is 60.0 Å². The van der Waals surface area contributed by atoms with Crippen LogP contribution in [0.15, 0.2) is 60.7 Å². The van der Waals surface area contributed by atoms with Crippen LogP contribution >= 0.6 is 0 Å². The lowest BCUT2D eigenvalue weighted by Crippen LogP contribution is -2.14. The van der Waals surface area contributed by atoms with Gasteiger partial charge in [-0.15, -0.1) is 10.2 Å². The van der Waals surface area contributed by atoms with Crippen LogP contribution in [0.5, 0.6) is 0 Å². The average Bonchev–Trinajstić information content (AvgIpc) is 2.70. The molecule has 0 aliphatic carbocycles. The second kappa shape index (κ2) is 8.97. The van der Waals surface area contributed by atoms with Crippen LogP contribution in [-0.4, -0.2) is 22.0 Å². The molecule has 0 saturated heterocycles. The van der Waals surface area contributed by atoms with Crippen LogP contribution in [0.4, 0.5) is 22.9 Å². The summed E-state index contributed by atoms with van der Waals surface area (Å²) in [4.78, 5) is 23.4. The Bertz CT molecular complexity index is 981. The number of carbonyl (C=O) groups is 2. The highest BCUT2D eigenvalue weighted by Crippen LogP contribution is 2.20. The van der Waals surface area contributed by atoms with E-state index in [1.807, 2.05) is 12.1 Å². The summed E-state index contributed by atoms with van der Waals surface area (Å²) in [6.45, 7) is 5.73. The predicted molar refractivity (Wildman–Crippen MR) is 115 cm³/mol. The molecular formula is C22H23N5O2. The molecule has 7 nitrogen and oxygen atoms in total. The number of hydrogen-bond donors (Lipinski definition) is 3. The molecule has 0 spiro atoms. The van der Waals surface area contributed by atoms with E-state index in [0.717, 1.165) is 5.69 Å². The third-order valence-corrected chi connectivity index (χ3v) is 4.21. The highest BCUT2D eigenvalue weighted by atomic mass is 16.2. The van der Waals surface area contributed by atoms with E-state index in [9.17, 15) is 9.59 Å². The summed E-state index contributed by atoms with van der Waals surface area (Å²) in [5, 5.41) is 16.7. The van der Waals surface area contributed by atoms with E-state index in [0.29, 0.717) is 23.1 Å². The Labute approximate surface area is 169 Å². The minimum Gasteiger partial charge on any atom is -0.339 e. The van der Waals surface area contributed by atoms with Gasteiger partial charge in [-0.3, -0.25) is 9.59 Å². The molecule has 7 heteroatoms. The molecule has 3 aromatic rings. The van der Waals surface area contributed by atoms with Crippen molar-refractivity contribution in [1.82, 2.24) is 10.2 Å². The zero-order valence-electron chi connectivity index (χ0n) is 16.6. The van der Waals surface area contributed by atoms with E-state index in [2.05, 4.69) is 52.1 Å². The fourth-order valence-electron chi connectivity index (χ4n) is 2.65. The Morgan fingerprint density at radius 1 is 0.759 bits per heavy atom. The second-order valence-electron chi connectivity index (χ2n) is 6.92. The van der Waals surface area contributed by atoms with Gasteiger partial charge in [-0.1, -0.05) is 26.0 Å². The Morgan fingerprint density at radius 2 is 1.34 bits per heavy atom. The first-order valence-corrected chi connectivity index (χ1v) is 9.30. The maximum absolute atomic E-state index is 12.3. The van der Waals surface area contributed by atoms with Crippen LogP contribution in [0.1, 0.15) is 42.7 Å².